The van der Waals surface area contributed by atoms with Gasteiger partial charge in [-0.15, -0.1) is 0 Å². The van der Waals surface area contributed by atoms with Crippen LogP contribution in [0.25, 0.3) is 0 Å². The Morgan fingerprint density at radius 2 is 2.10 bits per heavy atom. The van der Waals surface area contributed by atoms with E-state index in [1.165, 1.54) is 18.3 Å². The van der Waals surface area contributed by atoms with E-state index in [0.29, 0.717) is 4.47 Å². The SMILES string of the molecule is N=C(N)c1ccnc(Oc2cc(F)c(Cl)cc2Br)c1Cl. The molecule has 2 rings (SSSR count). The van der Waals surface area contributed by atoms with Gasteiger partial charge in [0.05, 0.1) is 9.50 Å². The van der Waals surface area contributed by atoms with Gasteiger partial charge in [0, 0.05) is 17.8 Å². The van der Waals surface area contributed by atoms with E-state index in [9.17, 15) is 4.39 Å². The molecule has 0 radical (unpaired) electrons. The van der Waals surface area contributed by atoms with Crippen molar-refractivity contribution in [2.75, 3.05) is 0 Å². The first-order valence-electron chi connectivity index (χ1n) is 5.21. The minimum atomic E-state index is -0.635. The number of benzene rings is 1. The zero-order valence-corrected chi connectivity index (χ0v) is 12.9. The average Bonchev–Trinajstić information content (AvgIpc) is 2.37. The van der Waals surface area contributed by atoms with Crippen molar-refractivity contribution in [1.82, 2.24) is 4.98 Å². The predicted molar refractivity (Wildman–Crippen MR) is 79.4 cm³/mol. The molecule has 0 amide bonds. The number of ether oxygens (including phenoxy) is 1. The molecule has 1 aromatic carbocycles. The third kappa shape index (κ3) is 3.03. The third-order valence-corrected chi connectivity index (χ3v) is 3.60. The van der Waals surface area contributed by atoms with Gasteiger partial charge in [0.25, 0.3) is 0 Å². The first-order valence-corrected chi connectivity index (χ1v) is 6.76. The van der Waals surface area contributed by atoms with Gasteiger partial charge in [-0.3, -0.25) is 5.41 Å². The minimum absolute atomic E-state index is 0.0155. The van der Waals surface area contributed by atoms with Crippen LogP contribution in [0.5, 0.6) is 11.6 Å². The van der Waals surface area contributed by atoms with E-state index < -0.39 is 5.82 Å². The maximum atomic E-state index is 13.4. The third-order valence-electron chi connectivity index (χ3n) is 2.33. The van der Waals surface area contributed by atoms with Gasteiger partial charge in [0.2, 0.25) is 5.88 Å². The molecule has 1 heterocycles. The summed E-state index contributed by atoms with van der Waals surface area (Å²) in [5, 5.41) is 7.41. The molecule has 1 aromatic heterocycles. The zero-order chi connectivity index (χ0) is 14.9. The summed E-state index contributed by atoms with van der Waals surface area (Å²) in [6.07, 6.45) is 1.39. The second kappa shape index (κ2) is 5.95. The molecule has 2 aromatic rings. The first-order chi connectivity index (χ1) is 9.40. The molecule has 0 fully saturated rings. The fraction of sp³-hybridized carbons (Fsp3) is 0. The van der Waals surface area contributed by atoms with E-state index in [2.05, 4.69) is 20.9 Å². The van der Waals surface area contributed by atoms with Crippen LogP contribution in [-0.4, -0.2) is 10.8 Å². The number of rotatable bonds is 3. The van der Waals surface area contributed by atoms with Gasteiger partial charge in [-0.1, -0.05) is 23.2 Å². The molecule has 0 saturated carbocycles. The molecule has 4 nitrogen and oxygen atoms in total. The smallest absolute Gasteiger partial charge is 0.238 e. The molecule has 0 saturated heterocycles. The van der Waals surface area contributed by atoms with E-state index >= 15 is 0 Å². The second-order valence-electron chi connectivity index (χ2n) is 3.69. The number of nitrogens with one attached hydrogen (secondary N) is 1. The normalized spacial score (nSPS) is 10.4. The van der Waals surface area contributed by atoms with E-state index in [1.54, 1.807) is 0 Å². The predicted octanol–water partition coefficient (Wildman–Crippen LogP) is 4.37. The molecule has 8 heteroatoms. The highest BCUT2D eigenvalue weighted by atomic mass is 79.9. The number of nitrogens with two attached hydrogens (primary N) is 1. The van der Waals surface area contributed by atoms with Crippen molar-refractivity contribution in [2.45, 2.75) is 0 Å². The lowest BCUT2D eigenvalue weighted by Gasteiger charge is -2.10. The Bertz CT molecular complexity index is 697. The Labute approximate surface area is 132 Å². The Balaban J connectivity index is 2.43. The standard InChI is InChI=1S/C12H7BrCl2FN3O/c13-6-3-7(14)8(16)4-9(6)20-12-10(15)5(11(17)18)1-2-19-12/h1-4H,(H3,17,18). The fourth-order valence-electron chi connectivity index (χ4n) is 1.39. The van der Waals surface area contributed by atoms with E-state index in [0.717, 1.165) is 6.07 Å². The largest absolute Gasteiger partial charge is 0.436 e. The number of hydrogen-bond donors (Lipinski definition) is 2. The highest BCUT2D eigenvalue weighted by Gasteiger charge is 2.14. The van der Waals surface area contributed by atoms with Gasteiger partial charge in [-0.2, -0.15) is 0 Å². The Morgan fingerprint density at radius 3 is 2.75 bits per heavy atom. The van der Waals surface area contributed by atoms with Crippen LogP contribution in [0.2, 0.25) is 10.0 Å². The zero-order valence-electron chi connectivity index (χ0n) is 9.75. The van der Waals surface area contributed by atoms with Gasteiger partial charge in [0.1, 0.15) is 22.4 Å². The summed E-state index contributed by atoms with van der Waals surface area (Å²) in [5.74, 6) is -0.684. The summed E-state index contributed by atoms with van der Waals surface area (Å²) < 4.78 is 19.3. The summed E-state index contributed by atoms with van der Waals surface area (Å²) >= 11 is 14.9. The summed E-state index contributed by atoms with van der Waals surface area (Å²) in [6, 6.07) is 3.94. The van der Waals surface area contributed by atoms with Gasteiger partial charge >= 0.3 is 0 Å². The molecule has 104 valence electrons. The van der Waals surface area contributed by atoms with Crippen LogP contribution in [-0.2, 0) is 0 Å². The maximum Gasteiger partial charge on any atom is 0.238 e. The fourth-order valence-corrected chi connectivity index (χ4v) is 2.36. The van der Waals surface area contributed by atoms with Crippen LogP contribution < -0.4 is 10.5 Å². The van der Waals surface area contributed by atoms with E-state index in [1.807, 2.05) is 0 Å². The Kier molecular flexibility index (Phi) is 4.47. The summed E-state index contributed by atoms with van der Waals surface area (Å²) in [5.41, 5.74) is 5.66. The molecular formula is C12H7BrCl2FN3O. The van der Waals surface area contributed by atoms with Gasteiger partial charge in [-0.05, 0) is 28.1 Å². The molecule has 0 aliphatic rings. The van der Waals surface area contributed by atoms with Gasteiger partial charge in [0.15, 0.2) is 0 Å². The lowest BCUT2D eigenvalue weighted by molar-refractivity contribution is 0.455. The van der Waals surface area contributed by atoms with Crippen LogP contribution in [0.3, 0.4) is 0 Å². The average molecular weight is 379 g/mol. The van der Waals surface area contributed by atoms with Gasteiger partial charge < -0.3 is 10.5 Å². The molecule has 0 unspecified atom stereocenters. The summed E-state index contributed by atoms with van der Waals surface area (Å²) in [7, 11) is 0. The van der Waals surface area contributed by atoms with Crippen LogP contribution >= 0.6 is 39.1 Å². The molecule has 20 heavy (non-hydrogen) atoms. The molecule has 0 spiro atoms. The maximum absolute atomic E-state index is 13.4. The quantitative estimate of drug-likeness (QED) is 0.473. The number of hydrogen-bond acceptors (Lipinski definition) is 3. The monoisotopic (exact) mass is 377 g/mol. The molecule has 0 atom stereocenters. The molecule has 0 aliphatic carbocycles. The van der Waals surface area contributed by atoms with Crippen molar-refractivity contribution in [3.05, 3.63) is 50.3 Å². The van der Waals surface area contributed by atoms with Crippen molar-refractivity contribution in [3.8, 4) is 11.6 Å². The van der Waals surface area contributed by atoms with Crippen LogP contribution in [0.15, 0.2) is 28.9 Å². The van der Waals surface area contributed by atoms with Crippen molar-refractivity contribution in [2.24, 2.45) is 5.73 Å². The van der Waals surface area contributed by atoms with Crippen molar-refractivity contribution in [3.63, 3.8) is 0 Å². The molecular weight excluding hydrogens is 372 g/mol. The van der Waals surface area contributed by atoms with Crippen molar-refractivity contribution < 1.29 is 9.13 Å². The van der Waals surface area contributed by atoms with E-state index in [-0.39, 0.29) is 33.1 Å². The highest BCUT2D eigenvalue weighted by molar-refractivity contribution is 9.10. The topological polar surface area (TPSA) is 72.0 Å². The summed E-state index contributed by atoms with van der Waals surface area (Å²) in [4.78, 5) is 3.93. The number of pyridine rings is 1. The molecule has 0 aliphatic heterocycles. The van der Waals surface area contributed by atoms with Gasteiger partial charge in [-0.25, -0.2) is 9.37 Å². The number of nitrogen functional groups attached to an aromatic ring is 1. The van der Waals surface area contributed by atoms with E-state index in [4.69, 9.17) is 39.1 Å². The molecule has 3 N–H and O–H groups in total. The minimum Gasteiger partial charge on any atom is -0.436 e. The number of halogens is 4. The van der Waals surface area contributed by atoms with Crippen LogP contribution in [0, 0.1) is 11.2 Å². The first kappa shape index (κ1) is 15.0. The van der Waals surface area contributed by atoms with Crippen LogP contribution in [0.1, 0.15) is 5.56 Å². The Morgan fingerprint density at radius 1 is 1.40 bits per heavy atom. The van der Waals surface area contributed by atoms with Crippen LogP contribution in [0.4, 0.5) is 4.39 Å². The summed E-state index contributed by atoms with van der Waals surface area (Å²) in [6.45, 7) is 0. The lowest BCUT2D eigenvalue weighted by Crippen LogP contribution is -2.12. The second-order valence-corrected chi connectivity index (χ2v) is 5.33. The molecule has 0 bridgehead atoms. The van der Waals surface area contributed by atoms with Crippen molar-refractivity contribution in [1.29, 1.82) is 5.41 Å². The number of amidine groups is 1. The van der Waals surface area contributed by atoms with Crippen molar-refractivity contribution >= 4 is 45.0 Å². The highest BCUT2D eigenvalue weighted by Crippen LogP contribution is 2.36. The number of nitrogens with zero attached hydrogens (tertiary/aromatic N) is 1. The lowest BCUT2D eigenvalue weighted by atomic mass is 10.2. The number of aromatic nitrogens is 1. The Hall–Kier alpha value is -1.37.